The maximum atomic E-state index is 9.27. The van der Waals surface area contributed by atoms with Crippen molar-refractivity contribution in [3.8, 4) is 0 Å². The lowest BCUT2D eigenvalue weighted by atomic mass is 10.2. The maximum absolute atomic E-state index is 9.27. The van der Waals surface area contributed by atoms with Crippen LogP contribution in [0.2, 0.25) is 0 Å². The molecular formula is C12H16BrNO2. The highest BCUT2D eigenvalue weighted by Crippen LogP contribution is 2.29. The first kappa shape index (κ1) is 11.9. The van der Waals surface area contributed by atoms with Crippen molar-refractivity contribution in [1.29, 1.82) is 0 Å². The molecular weight excluding hydrogens is 270 g/mol. The largest absolute Gasteiger partial charge is 0.394 e. The Morgan fingerprint density at radius 1 is 1.38 bits per heavy atom. The van der Waals surface area contributed by atoms with Gasteiger partial charge in [-0.3, -0.25) is 0 Å². The van der Waals surface area contributed by atoms with Crippen LogP contribution in [-0.4, -0.2) is 29.4 Å². The second kappa shape index (κ2) is 5.17. The predicted molar refractivity (Wildman–Crippen MR) is 67.5 cm³/mol. The van der Waals surface area contributed by atoms with Gasteiger partial charge in [0.2, 0.25) is 0 Å². The third-order valence-electron chi connectivity index (χ3n) is 3.13. The van der Waals surface area contributed by atoms with Crippen molar-refractivity contribution in [3.05, 3.63) is 28.2 Å². The quantitative estimate of drug-likeness (QED) is 0.892. The summed E-state index contributed by atoms with van der Waals surface area (Å²) in [5.41, 5.74) is 2.00. The van der Waals surface area contributed by atoms with E-state index in [-0.39, 0.29) is 19.3 Å². The molecule has 1 aliphatic heterocycles. The van der Waals surface area contributed by atoms with Crippen molar-refractivity contribution in [2.75, 3.05) is 18.1 Å². The van der Waals surface area contributed by atoms with Crippen LogP contribution in [0.25, 0.3) is 0 Å². The normalized spacial score (nSPS) is 20.4. The molecule has 1 heterocycles. The zero-order valence-electron chi connectivity index (χ0n) is 9.06. The summed E-state index contributed by atoms with van der Waals surface area (Å²) in [6, 6.07) is 6.18. The second-order valence-electron chi connectivity index (χ2n) is 4.11. The molecule has 88 valence electrons. The van der Waals surface area contributed by atoms with Gasteiger partial charge in [-0.2, -0.15) is 0 Å². The van der Waals surface area contributed by atoms with Gasteiger partial charge in [0, 0.05) is 16.7 Å². The Morgan fingerprint density at radius 3 is 2.81 bits per heavy atom. The first-order valence-corrected chi connectivity index (χ1v) is 6.32. The molecule has 1 aromatic carbocycles. The Balaban J connectivity index is 2.23. The van der Waals surface area contributed by atoms with Crippen LogP contribution in [0.3, 0.4) is 0 Å². The molecule has 0 aliphatic carbocycles. The molecule has 0 radical (unpaired) electrons. The monoisotopic (exact) mass is 285 g/mol. The van der Waals surface area contributed by atoms with E-state index < -0.39 is 0 Å². The summed E-state index contributed by atoms with van der Waals surface area (Å²) >= 11 is 3.45. The van der Waals surface area contributed by atoms with Crippen molar-refractivity contribution in [3.63, 3.8) is 0 Å². The number of benzene rings is 1. The highest BCUT2D eigenvalue weighted by atomic mass is 79.9. The molecule has 3 nitrogen and oxygen atoms in total. The highest BCUT2D eigenvalue weighted by molar-refractivity contribution is 9.10. The predicted octanol–water partition coefficient (Wildman–Crippen LogP) is 1.90. The van der Waals surface area contributed by atoms with Crippen LogP contribution in [0, 0.1) is 0 Å². The number of aliphatic hydroxyl groups is 2. The summed E-state index contributed by atoms with van der Waals surface area (Å²) in [5.74, 6) is 0. The molecule has 1 aliphatic rings. The van der Waals surface area contributed by atoms with Crippen LogP contribution in [-0.2, 0) is 6.61 Å². The molecule has 2 rings (SSSR count). The third kappa shape index (κ3) is 2.24. The SMILES string of the molecule is OCc1ccc(N2CCCC2CO)cc1Br. The van der Waals surface area contributed by atoms with E-state index in [1.165, 1.54) is 0 Å². The van der Waals surface area contributed by atoms with Gasteiger partial charge in [0.15, 0.2) is 0 Å². The molecule has 1 unspecified atom stereocenters. The van der Waals surface area contributed by atoms with Gasteiger partial charge in [0.05, 0.1) is 19.3 Å². The van der Waals surface area contributed by atoms with E-state index in [1.807, 2.05) is 18.2 Å². The topological polar surface area (TPSA) is 43.7 Å². The van der Waals surface area contributed by atoms with Crippen molar-refractivity contribution >= 4 is 21.6 Å². The molecule has 0 amide bonds. The summed E-state index contributed by atoms with van der Waals surface area (Å²) in [6.45, 7) is 1.25. The van der Waals surface area contributed by atoms with Gasteiger partial charge < -0.3 is 15.1 Å². The molecule has 2 N–H and O–H groups in total. The van der Waals surface area contributed by atoms with Gasteiger partial charge in [0.25, 0.3) is 0 Å². The average molecular weight is 286 g/mol. The molecule has 0 saturated carbocycles. The summed E-state index contributed by atoms with van der Waals surface area (Å²) in [6.07, 6.45) is 2.18. The second-order valence-corrected chi connectivity index (χ2v) is 4.96. The summed E-state index contributed by atoms with van der Waals surface area (Å²) in [4.78, 5) is 2.23. The van der Waals surface area contributed by atoms with Crippen LogP contribution >= 0.6 is 15.9 Å². The molecule has 4 heteroatoms. The third-order valence-corrected chi connectivity index (χ3v) is 3.86. The number of aliphatic hydroxyl groups excluding tert-OH is 2. The van der Waals surface area contributed by atoms with Crippen molar-refractivity contribution in [2.24, 2.45) is 0 Å². The lowest BCUT2D eigenvalue weighted by Gasteiger charge is -2.25. The van der Waals surface area contributed by atoms with Gasteiger partial charge >= 0.3 is 0 Å². The maximum Gasteiger partial charge on any atom is 0.0692 e. The van der Waals surface area contributed by atoms with Crippen LogP contribution < -0.4 is 4.90 Å². The van der Waals surface area contributed by atoms with Gasteiger partial charge in [0.1, 0.15) is 0 Å². The zero-order chi connectivity index (χ0) is 11.5. The Labute approximate surface area is 104 Å². The molecule has 1 saturated heterocycles. The molecule has 1 atom stereocenters. The van der Waals surface area contributed by atoms with Crippen LogP contribution in [0.1, 0.15) is 18.4 Å². The van der Waals surface area contributed by atoms with Crippen molar-refractivity contribution < 1.29 is 10.2 Å². The summed E-state index contributed by atoms with van der Waals surface area (Å²) in [7, 11) is 0. The average Bonchev–Trinajstić information content (AvgIpc) is 2.77. The Bertz CT molecular complexity index is 370. The fraction of sp³-hybridized carbons (Fsp3) is 0.500. The minimum Gasteiger partial charge on any atom is -0.394 e. The number of hydrogen-bond donors (Lipinski definition) is 2. The Hall–Kier alpha value is -0.580. The van der Waals surface area contributed by atoms with E-state index in [0.717, 1.165) is 35.1 Å². The van der Waals surface area contributed by atoms with E-state index in [0.29, 0.717) is 0 Å². The van der Waals surface area contributed by atoms with Gasteiger partial charge in [-0.15, -0.1) is 0 Å². The number of anilines is 1. The molecule has 16 heavy (non-hydrogen) atoms. The molecule has 0 aromatic heterocycles. The lowest BCUT2D eigenvalue weighted by Crippen LogP contribution is -2.31. The van der Waals surface area contributed by atoms with Gasteiger partial charge in [-0.1, -0.05) is 22.0 Å². The molecule has 1 aromatic rings. The number of halogens is 1. The fourth-order valence-electron chi connectivity index (χ4n) is 2.21. The first-order valence-electron chi connectivity index (χ1n) is 5.53. The minimum atomic E-state index is 0.0459. The molecule has 0 bridgehead atoms. The first-order chi connectivity index (χ1) is 7.76. The van der Waals surface area contributed by atoms with E-state index in [9.17, 15) is 5.11 Å². The molecule has 1 fully saturated rings. The molecule has 0 spiro atoms. The van der Waals surface area contributed by atoms with E-state index >= 15 is 0 Å². The lowest BCUT2D eigenvalue weighted by molar-refractivity contribution is 0.266. The van der Waals surface area contributed by atoms with Gasteiger partial charge in [-0.25, -0.2) is 0 Å². The summed E-state index contributed by atoms with van der Waals surface area (Å²) < 4.78 is 0.927. The van der Waals surface area contributed by atoms with Crippen LogP contribution in [0.4, 0.5) is 5.69 Å². The minimum absolute atomic E-state index is 0.0459. The fourth-order valence-corrected chi connectivity index (χ4v) is 2.70. The summed E-state index contributed by atoms with van der Waals surface area (Å²) in [5, 5.41) is 18.4. The Morgan fingerprint density at radius 2 is 2.19 bits per heavy atom. The Kier molecular flexibility index (Phi) is 3.84. The van der Waals surface area contributed by atoms with E-state index in [1.54, 1.807) is 0 Å². The van der Waals surface area contributed by atoms with Crippen LogP contribution in [0.15, 0.2) is 22.7 Å². The van der Waals surface area contributed by atoms with Gasteiger partial charge in [-0.05, 0) is 30.5 Å². The smallest absolute Gasteiger partial charge is 0.0692 e. The number of hydrogen-bond acceptors (Lipinski definition) is 3. The van der Waals surface area contributed by atoms with Crippen molar-refractivity contribution in [2.45, 2.75) is 25.5 Å². The van der Waals surface area contributed by atoms with E-state index in [2.05, 4.69) is 20.8 Å². The van der Waals surface area contributed by atoms with E-state index in [4.69, 9.17) is 5.11 Å². The number of rotatable bonds is 3. The highest BCUT2D eigenvalue weighted by Gasteiger charge is 2.24. The van der Waals surface area contributed by atoms with Crippen molar-refractivity contribution in [1.82, 2.24) is 0 Å². The standard InChI is InChI=1S/C12H16BrNO2/c13-12-6-10(4-3-9(12)7-15)14-5-1-2-11(14)8-16/h3-4,6,11,15-16H,1-2,5,7-8H2. The number of nitrogens with zero attached hydrogens (tertiary/aromatic N) is 1. The van der Waals surface area contributed by atoms with Crippen LogP contribution in [0.5, 0.6) is 0 Å². The zero-order valence-corrected chi connectivity index (χ0v) is 10.7.